The van der Waals surface area contributed by atoms with Gasteiger partial charge in [-0.15, -0.1) is 0 Å². The van der Waals surface area contributed by atoms with Gasteiger partial charge < -0.3 is 19.7 Å². The number of rotatable bonds is 5. The monoisotopic (exact) mass is 281 g/mol. The molecular formula is C14H19NO5. The molecule has 2 N–H and O–H groups in total. The Morgan fingerprint density at radius 1 is 1.30 bits per heavy atom. The maximum Gasteiger partial charge on any atom is 0.341 e. The van der Waals surface area contributed by atoms with Crippen LogP contribution in [0.2, 0.25) is 0 Å². The van der Waals surface area contributed by atoms with E-state index in [0.717, 1.165) is 45.3 Å². The summed E-state index contributed by atoms with van der Waals surface area (Å²) >= 11 is 0. The molecule has 1 fully saturated rings. The number of benzene rings is 1. The van der Waals surface area contributed by atoms with Gasteiger partial charge in [-0.25, -0.2) is 4.79 Å². The first kappa shape index (κ1) is 14.6. The Morgan fingerprint density at radius 2 is 2.05 bits per heavy atom. The van der Waals surface area contributed by atoms with Crippen molar-refractivity contribution in [3.8, 4) is 11.5 Å². The van der Waals surface area contributed by atoms with Gasteiger partial charge in [0.2, 0.25) is 0 Å². The smallest absolute Gasteiger partial charge is 0.341 e. The zero-order chi connectivity index (χ0) is 14.4. The second-order valence-electron chi connectivity index (χ2n) is 4.64. The van der Waals surface area contributed by atoms with E-state index in [4.69, 9.17) is 14.6 Å². The minimum Gasteiger partial charge on any atom is -0.508 e. The molecule has 0 aromatic heterocycles. The molecule has 0 saturated carbocycles. The Kier molecular flexibility index (Phi) is 5.20. The van der Waals surface area contributed by atoms with E-state index in [1.807, 2.05) is 0 Å². The molecule has 2 rings (SSSR count). The molecule has 1 saturated heterocycles. The molecule has 1 aromatic carbocycles. The predicted octanol–water partition coefficient (Wildman–Crippen LogP) is 0.977. The lowest BCUT2D eigenvalue weighted by Gasteiger charge is -2.26. The van der Waals surface area contributed by atoms with Crippen LogP contribution in [0, 0.1) is 0 Å². The fourth-order valence-corrected chi connectivity index (χ4v) is 2.05. The SMILES string of the molecule is O=C(OCCCN1CCOCC1)c1ccc(O)cc1O. The second kappa shape index (κ2) is 7.12. The van der Waals surface area contributed by atoms with Crippen molar-refractivity contribution in [2.45, 2.75) is 6.42 Å². The number of nitrogens with zero attached hydrogens (tertiary/aromatic N) is 1. The average molecular weight is 281 g/mol. The first-order chi connectivity index (χ1) is 9.66. The standard InChI is InChI=1S/C14H19NO5/c16-11-2-3-12(13(17)10-11)14(18)20-7-1-4-15-5-8-19-9-6-15/h2-3,10,16-17H,1,4-9H2. The van der Waals surface area contributed by atoms with Crippen molar-refractivity contribution in [1.82, 2.24) is 4.90 Å². The molecule has 1 aromatic rings. The van der Waals surface area contributed by atoms with Gasteiger partial charge in [0.1, 0.15) is 17.1 Å². The van der Waals surface area contributed by atoms with Crippen LogP contribution in [0.1, 0.15) is 16.8 Å². The molecule has 0 aliphatic carbocycles. The number of esters is 1. The van der Waals surface area contributed by atoms with Crippen LogP contribution in [0.15, 0.2) is 18.2 Å². The zero-order valence-electron chi connectivity index (χ0n) is 11.2. The van der Waals surface area contributed by atoms with Crippen LogP contribution in [-0.4, -0.2) is 60.5 Å². The largest absolute Gasteiger partial charge is 0.508 e. The molecular weight excluding hydrogens is 262 g/mol. The van der Waals surface area contributed by atoms with Gasteiger partial charge in [-0.2, -0.15) is 0 Å². The lowest BCUT2D eigenvalue weighted by atomic mass is 10.2. The van der Waals surface area contributed by atoms with Crippen LogP contribution < -0.4 is 0 Å². The van der Waals surface area contributed by atoms with Gasteiger partial charge in [-0.05, 0) is 18.6 Å². The fourth-order valence-electron chi connectivity index (χ4n) is 2.05. The molecule has 6 heteroatoms. The van der Waals surface area contributed by atoms with Gasteiger partial charge in [0.05, 0.1) is 19.8 Å². The molecule has 0 spiro atoms. The number of aromatic hydroxyl groups is 2. The van der Waals surface area contributed by atoms with Gasteiger partial charge in [0.25, 0.3) is 0 Å². The summed E-state index contributed by atoms with van der Waals surface area (Å²) in [5.41, 5.74) is 0.0640. The molecule has 1 aliphatic heterocycles. The van der Waals surface area contributed by atoms with E-state index in [1.54, 1.807) is 0 Å². The molecule has 0 radical (unpaired) electrons. The molecule has 20 heavy (non-hydrogen) atoms. The number of ether oxygens (including phenoxy) is 2. The van der Waals surface area contributed by atoms with Crippen LogP contribution in [0.5, 0.6) is 11.5 Å². The highest BCUT2D eigenvalue weighted by atomic mass is 16.5. The van der Waals surface area contributed by atoms with Crippen LogP contribution >= 0.6 is 0 Å². The van der Waals surface area contributed by atoms with Crippen LogP contribution in [0.3, 0.4) is 0 Å². The van der Waals surface area contributed by atoms with Gasteiger partial charge in [0.15, 0.2) is 0 Å². The highest BCUT2D eigenvalue weighted by Gasteiger charge is 2.14. The highest BCUT2D eigenvalue weighted by Crippen LogP contribution is 2.23. The van der Waals surface area contributed by atoms with Crippen molar-refractivity contribution in [1.29, 1.82) is 0 Å². The molecule has 0 bridgehead atoms. The average Bonchev–Trinajstić information content (AvgIpc) is 2.44. The van der Waals surface area contributed by atoms with E-state index in [2.05, 4.69) is 4.90 Å². The fraction of sp³-hybridized carbons (Fsp3) is 0.500. The molecule has 110 valence electrons. The molecule has 0 atom stereocenters. The summed E-state index contributed by atoms with van der Waals surface area (Å²) < 4.78 is 10.4. The normalized spacial score (nSPS) is 16.0. The lowest BCUT2D eigenvalue weighted by molar-refractivity contribution is 0.0297. The first-order valence-corrected chi connectivity index (χ1v) is 6.66. The maximum absolute atomic E-state index is 11.7. The Labute approximate surface area is 117 Å². The Balaban J connectivity index is 1.72. The van der Waals surface area contributed by atoms with Crippen molar-refractivity contribution >= 4 is 5.97 Å². The van der Waals surface area contributed by atoms with Crippen LogP contribution in [0.4, 0.5) is 0 Å². The highest BCUT2D eigenvalue weighted by molar-refractivity contribution is 5.92. The summed E-state index contributed by atoms with van der Waals surface area (Å²) in [6.07, 6.45) is 0.741. The number of hydrogen-bond acceptors (Lipinski definition) is 6. The van der Waals surface area contributed by atoms with E-state index >= 15 is 0 Å². The predicted molar refractivity (Wildman–Crippen MR) is 71.9 cm³/mol. The molecule has 0 unspecified atom stereocenters. The van der Waals surface area contributed by atoms with E-state index in [0.29, 0.717) is 6.61 Å². The van der Waals surface area contributed by atoms with E-state index in [-0.39, 0.29) is 17.1 Å². The molecule has 1 aliphatic rings. The number of morpholine rings is 1. The van der Waals surface area contributed by atoms with Gasteiger partial charge in [-0.1, -0.05) is 0 Å². The summed E-state index contributed by atoms with van der Waals surface area (Å²) in [5.74, 6) is -0.945. The minimum atomic E-state index is -0.579. The van der Waals surface area contributed by atoms with Crippen LogP contribution in [-0.2, 0) is 9.47 Å². The third-order valence-electron chi connectivity index (χ3n) is 3.16. The third kappa shape index (κ3) is 4.11. The Bertz CT molecular complexity index is 457. The van der Waals surface area contributed by atoms with Crippen molar-refractivity contribution in [3.63, 3.8) is 0 Å². The Hall–Kier alpha value is -1.79. The number of carbonyl (C=O) groups is 1. The lowest BCUT2D eigenvalue weighted by Crippen LogP contribution is -2.37. The van der Waals surface area contributed by atoms with E-state index < -0.39 is 5.97 Å². The van der Waals surface area contributed by atoms with Crippen molar-refractivity contribution in [3.05, 3.63) is 23.8 Å². The van der Waals surface area contributed by atoms with Gasteiger partial charge >= 0.3 is 5.97 Å². The van der Waals surface area contributed by atoms with E-state index in [1.165, 1.54) is 12.1 Å². The number of phenolic OH excluding ortho intramolecular Hbond substituents is 2. The zero-order valence-corrected chi connectivity index (χ0v) is 11.2. The summed E-state index contributed by atoms with van der Waals surface area (Å²) in [7, 11) is 0. The number of phenols is 2. The minimum absolute atomic E-state index is 0.0640. The summed E-state index contributed by atoms with van der Waals surface area (Å²) in [4.78, 5) is 14.0. The van der Waals surface area contributed by atoms with Gasteiger partial charge in [0, 0.05) is 25.7 Å². The quantitative estimate of drug-likeness (QED) is 0.618. The van der Waals surface area contributed by atoms with Gasteiger partial charge in [-0.3, -0.25) is 4.90 Å². The molecule has 0 amide bonds. The maximum atomic E-state index is 11.7. The summed E-state index contributed by atoms with van der Waals surface area (Å²) in [6.45, 7) is 4.48. The summed E-state index contributed by atoms with van der Waals surface area (Å²) in [5, 5.41) is 18.7. The van der Waals surface area contributed by atoms with Crippen molar-refractivity contribution < 1.29 is 24.5 Å². The molecule has 1 heterocycles. The van der Waals surface area contributed by atoms with Crippen molar-refractivity contribution in [2.75, 3.05) is 39.5 Å². The molecule has 6 nitrogen and oxygen atoms in total. The summed E-state index contributed by atoms with van der Waals surface area (Å²) in [6, 6.07) is 3.79. The topological polar surface area (TPSA) is 79.2 Å². The third-order valence-corrected chi connectivity index (χ3v) is 3.16. The Morgan fingerprint density at radius 3 is 2.75 bits per heavy atom. The van der Waals surface area contributed by atoms with Crippen LogP contribution in [0.25, 0.3) is 0 Å². The van der Waals surface area contributed by atoms with E-state index in [9.17, 15) is 9.90 Å². The number of carbonyl (C=O) groups excluding carboxylic acids is 1. The van der Waals surface area contributed by atoms with Crippen molar-refractivity contribution in [2.24, 2.45) is 0 Å². The number of hydrogen-bond donors (Lipinski definition) is 2. The second-order valence-corrected chi connectivity index (χ2v) is 4.64. The first-order valence-electron chi connectivity index (χ1n) is 6.66.